The van der Waals surface area contributed by atoms with Crippen molar-refractivity contribution in [1.82, 2.24) is 10.6 Å². The molecule has 0 aliphatic heterocycles. The van der Waals surface area contributed by atoms with Crippen LogP contribution in [0.15, 0.2) is 24.3 Å². The highest BCUT2D eigenvalue weighted by atomic mass is 16.5. The minimum Gasteiger partial charge on any atom is -0.496 e. The van der Waals surface area contributed by atoms with Crippen molar-refractivity contribution in [3.8, 4) is 5.75 Å². The van der Waals surface area contributed by atoms with Crippen molar-refractivity contribution in [3.05, 3.63) is 29.8 Å². The average molecular weight is 304 g/mol. The molecule has 1 aliphatic carbocycles. The third kappa shape index (κ3) is 5.68. The third-order valence-electron chi connectivity index (χ3n) is 4.27. The van der Waals surface area contributed by atoms with Crippen LogP contribution in [0.3, 0.4) is 0 Å². The van der Waals surface area contributed by atoms with E-state index >= 15 is 0 Å². The lowest BCUT2D eigenvalue weighted by atomic mass is 10.1. The lowest BCUT2D eigenvalue weighted by Gasteiger charge is -2.16. The van der Waals surface area contributed by atoms with Gasteiger partial charge in [0, 0.05) is 6.04 Å². The zero-order chi connectivity index (χ0) is 15.6. The maximum absolute atomic E-state index is 12.0. The molecule has 0 bridgehead atoms. The van der Waals surface area contributed by atoms with Crippen LogP contribution >= 0.6 is 0 Å². The van der Waals surface area contributed by atoms with Gasteiger partial charge in [0.05, 0.1) is 13.7 Å². The van der Waals surface area contributed by atoms with Gasteiger partial charge in [0.15, 0.2) is 0 Å². The fourth-order valence-corrected chi connectivity index (χ4v) is 3.04. The Balaban J connectivity index is 1.64. The predicted octanol–water partition coefficient (Wildman–Crippen LogP) is 2.67. The van der Waals surface area contributed by atoms with Crippen molar-refractivity contribution in [2.75, 3.05) is 20.2 Å². The topological polar surface area (TPSA) is 50.4 Å². The Morgan fingerprint density at radius 1 is 1.18 bits per heavy atom. The molecule has 0 radical (unpaired) electrons. The number of methoxy groups -OCH3 is 1. The molecule has 2 N–H and O–H groups in total. The van der Waals surface area contributed by atoms with Crippen LogP contribution < -0.4 is 15.4 Å². The summed E-state index contributed by atoms with van der Waals surface area (Å²) in [5.74, 6) is 1.03. The van der Waals surface area contributed by atoms with Crippen LogP contribution in [0, 0.1) is 0 Å². The molecule has 2 rings (SSSR count). The van der Waals surface area contributed by atoms with Gasteiger partial charge in [-0.15, -0.1) is 0 Å². The molecular weight excluding hydrogens is 276 g/mol. The largest absolute Gasteiger partial charge is 0.496 e. The Hall–Kier alpha value is -1.55. The highest BCUT2D eigenvalue weighted by Gasteiger charge is 2.14. The molecule has 0 heterocycles. The van der Waals surface area contributed by atoms with Crippen LogP contribution in [0.5, 0.6) is 5.75 Å². The Labute approximate surface area is 133 Å². The lowest BCUT2D eigenvalue weighted by molar-refractivity contribution is -0.121. The second-order valence-corrected chi connectivity index (χ2v) is 5.99. The molecule has 0 unspecified atom stereocenters. The Morgan fingerprint density at radius 3 is 2.64 bits per heavy atom. The fourth-order valence-electron chi connectivity index (χ4n) is 3.04. The summed E-state index contributed by atoms with van der Waals surface area (Å²) in [5.41, 5.74) is 1.17. The molecule has 1 aromatic rings. The van der Waals surface area contributed by atoms with E-state index in [1.807, 2.05) is 18.2 Å². The normalized spacial score (nSPS) is 16.0. The van der Waals surface area contributed by atoms with Crippen molar-refractivity contribution in [1.29, 1.82) is 0 Å². The SMILES string of the molecule is COc1ccccc1CCNCC(=O)NC1CCCCCC1. The van der Waals surface area contributed by atoms with Crippen molar-refractivity contribution >= 4 is 5.91 Å². The summed E-state index contributed by atoms with van der Waals surface area (Å²) in [4.78, 5) is 12.0. The average Bonchev–Trinajstić information content (AvgIpc) is 2.80. The minimum atomic E-state index is 0.118. The monoisotopic (exact) mass is 304 g/mol. The molecule has 1 amide bonds. The molecule has 0 aromatic heterocycles. The van der Waals surface area contributed by atoms with Gasteiger partial charge in [-0.1, -0.05) is 43.9 Å². The first-order valence-electron chi connectivity index (χ1n) is 8.41. The summed E-state index contributed by atoms with van der Waals surface area (Å²) in [5, 5.41) is 6.38. The van der Waals surface area contributed by atoms with Gasteiger partial charge in [0.25, 0.3) is 0 Å². The van der Waals surface area contributed by atoms with Crippen LogP contribution in [-0.4, -0.2) is 32.1 Å². The van der Waals surface area contributed by atoms with E-state index in [2.05, 4.69) is 16.7 Å². The maximum atomic E-state index is 12.0. The summed E-state index contributed by atoms with van der Waals surface area (Å²) in [6, 6.07) is 8.39. The highest BCUT2D eigenvalue weighted by molar-refractivity contribution is 5.78. The fraction of sp³-hybridized carbons (Fsp3) is 0.611. The van der Waals surface area contributed by atoms with Gasteiger partial charge in [-0.3, -0.25) is 4.79 Å². The Bertz CT molecular complexity index is 454. The van der Waals surface area contributed by atoms with Gasteiger partial charge in [-0.25, -0.2) is 0 Å². The molecule has 22 heavy (non-hydrogen) atoms. The van der Waals surface area contributed by atoms with E-state index in [-0.39, 0.29) is 5.91 Å². The number of para-hydroxylation sites is 1. The van der Waals surface area contributed by atoms with Gasteiger partial charge in [-0.05, 0) is 37.4 Å². The van der Waals surface area contributed by atoms with E-state index in [0.717, 1.165) is 31.6 Å². The number of carbonyl (C=O) groups is 1. The first-order valence-corrected chi connectivity index (χ1v) is 8.41. The molecule has 0 spiro atoms. The number of ether oxygens (including phenoxy) is 1. The summed E-state index contributed by atoms with van der Waals surface area (Å²) < 4.78 is 5.33. The van der Waals surface area contributed by atoms with Gasteiger partial charge in [0.1, 0.15) is 5.75 Å². The number of hydrogen-bond donors (Lipinski definition) is 2. The van der Waals surface area contributed by atoms with Crippen molar-refractivity contribution in [2.45, 2.75) is 51.0 Å². The minimum absolute atomic E-state index is 0.118. The summed E-state index contributed by atoms with van der Waals surface area (Å²) in [6.45, 7) is 1.17. The van der Waals surface area contributed by atoms with Crippen LogP contribution in [0.1, 0.15) is 44.1 Å². The van der Waals surface area contributed by atoms with E-state index in [1.165, 1.54) is 31.2 Å². The van der Waals surface area contributed by atoms with Crippen molar-refractivity contribution < 1.29 is 9.53 Å². The van der Waals surface area contributed by atoms with Gasteiger partial charge < -0.3 is 15.4 Å². The molecule has 0 saturated heterocycles. The molecule has 4 heteroatoms. The van der Waals surface area contributed by atoms with Crippen LogP contribution in [0.25, 0.3) is 0 Å². The maximum Gasteiger partial charge on any atom is 0.234 e. The summed E-state index contributed by atoms with van der Waals surface area (Å²) in [7, 11) is 1.69. The Kier molecular flexibility index (Phi) is 7.23. The summed E-state index contributed by atoms with van der Waals surface area (Å²) >= 11 is 0. The number of nitrogens with one attached hydrogen (secondary N) is 2. The zero-order valence-corrected chi connectivity index (χ0v) is 13.6. The molecule has 1 aromatic carbocycles. The molecule has 1 aliphatic rings. The van der Waals surface area contributed by atoms with E-state index in [4.69, 9.17) is 4.74 Å². The highest BCUT2D eigenvalue weighted by Crippen LogP contribution is 2.18. The first-order chi connectivity index (χ1) is 10.8. The molecule has 1 fully saturated rings. The number of carbonyl (C=O) groups excluding carboxylic acids is 1. The van der Waals surface area contributed by atoms with Gasteiger partial charge in [0.2, 0.25) is 5.91 Å². The predicted molar refractivity (Wildman–Crippen MR) is 89.2 cm³/mol. The lowest BCUT2D eigenvalue weighted by Crippen LogP contribution is -2.40. The second kappa shape index (κ2) is 9.46. The third-order valence-corrected chi connectivity index (χ3v) is 4.27. The quantitative estimate of drug-likeness (QED) is 0.601. The van der Waals surface area contributed by atoms with E-state index < -0.39 is 0 Å². The van der Waals surface area contributed by atoms with Crippen molar-refractivity contribution in [2.24, 2.45) is 0 Å². The van der Waals surface area contributed by atoms with Gasteiger partial charge >= 0.3 is 0 Å². The number of rotatable bonds is 7. The summed E-state index contributed by atoms with van der Waals surface area (Å²) in [6.07, 6.45) is 8.23. The number of benzene rings is 1. The molecular formula is C18H28N2O2. The molecule has 4 nitrogen and oxygen atoms in total. The second-order valence-electron chi connectivity index (χ2n) is 5.99. The molecule has 1 saturated carbocycles. The standard InChI is InChI=1S/C18H28N2O2/c1-22-17-11-7-6-8-15(17)12-13-19-14-18(21)20-16-9-4-2-3-5-10-16/h6-8,11,16,19H,2-5,9-10,12-14H2,1H3,(H,20,21). The van der Waals surface area contributed by atoms with Crippen LogP contribution in [-0.2, 0) is 11.2 Å². The Morgan fingerprint density at radius 2 is 1.91 bits per heavy atom. The zero-order valence-electron chi connectivity index (χ0n) is 13.6. The first kappa shape index (κ1) is 16.8. The van der Waals surface area contributed by atoms with E-state index in [1.54, 1.807) is 7.11 Å². The van der Waals surface area contributed by atoms with E-state index in [0.29, 0.717) is 12.6 Å². The molecule has 0 atom stereocenters. The van der Waals surface area contributed by atoms with Crippen molar-refractivity contribution in [3.63, 3.8) is 0 Å². The number of amides is 1. The smallest absolute Gasteiger partial charge is 0.234 e. The van der Waals surface area contributed by atoms with E-state index in [9.17, 15) is 4.79 Å². The van der Waals surface area contributed by atoms with Crippen LogP contribution in [0.2, 0.25) is 0 Å². The molecule has 122 valence electrons. The number of hydrogen-bond acceptors (Lipinski definition) is 3. The van der Waals surface area contributed by atoms with Gasteiger partial charge in [-0.2, -0.15) is 0 Å². The van der Waals surface area contributed by atoms with Crippen LogP contribution in [0.4, 0.5) is 0 Å².